The predicted molar refractivity (Wildman–Crippen MR) is 50.7 cm³/mol. The van der Waals surface area contributed by atoms with Gasteiger partial charge in [-0.1, -0.05) is 54.7 Å². The first-order valence-electron chi connectivity index (χ1n) is 2.59. The molecule has 0 aliphatic carbocycles. The van der Waals surface area contributed by atoms with Crippen LogP contribution in [-0.4, -0.2) is 19.3 Å². The van der Waals surface area contributed by atoms with E-state index < -0.39 is 9.34 Å². The van der Waals surface area contributed by atoms with Crippen LogP contribution in [0.4, 0.5) is 0 Å². The van der Waals surface area contributed by atoms with Crippen LogP contribution in [-0.2, 0) is 0 Å². The fourth-order valence-electron chi connectivity index (χ4n) is 0.332. The molecule has 2 unspecified atom stereocenters. The van der Waals surface area contributed by atoms with Gasteiger partial charge in [0.25, 0.3) is 0 Å². The van der Waals surface area contributed by atoms with Crippen molar-refractivity contribution in [1.29, 1.82) is 0 Å². The van der Waals surface area contributed by atoms with Crippen LogP contribution in [0, 0.1) is 0 Å². The van der Waals surface area contributed by atoms with Crippen LogP contribution < -0.4 is 0 Å². The number of hydrogen-bond donors (Lipinski definition) is 1. The van der Waals surface area contributed by atoms with Crippen LogP contribution >= 0.6 is 47.8 Å². The van der Waals surface area contributed by atoms with Gasteiger partial charge in [-0.15, -0.1) is 0 Å². The molecule has 0 bridgehead atoms. The van der Waals surface area contributed by atoms with Crippen molar-refractivity contribution in [2.45, 2.75) is 28.0 Å². The Kier molecular flexibility index (Phi) is 4.27. The van der Waals surface area contributed by atoms with Crippen molar-refractivity contribution in [3.63, 3.8) is 0 Å². The van der Waals surface area contributed by atoms with Crippen molar-refractivity contribution in [3.8, 4) is 0 Å². The maximum absolute atomic E-state index is 9.13. The fourth-order valence-corrected chi connectivity index (χ4v) is 0.715. The molecule has 0 aliphatic rings. The van der Waals surface area contributed by atoms with Crippen molar-refractivity contribution in [1.82, 2.24) is 0 Å². The molecular formula is C5H9Br3O. The molecule has 2 atom stereocenters. The first-order chi connectivity index (χ1) is 3.89. The highest BCUT2D eigenvalue weighted by atomic mass is 79.9. The minimum atomic E-state index is -0.424. The standard InChI is InChI=1S/C5H9Br3O/c1-3(6)5(7,8)4(2)9/h3-4,9H,1-2H3. The Balaban J connectivity index is 4.01. The smallest absolute Gasteiger partial charge is 0.118 e. The molecular weight excluding hydrogens is 316 g/mol. The van der Waals surface area contributed by atoms with Gasteiger partial charge in [-0.25, -0.2) is 0 Å². The normalized spacial score (nSPS) is 19.3. The maximum atomic E-state index is 9.13. The third kappa shape index (κ3) is 2.87. The largest absolute Gasteiger partial charge is 0.391 e. The lowest BCUT2D eigenvalue weighted by atomic mass is 10.2. The van der Waals surface area contributed by atoms with E-state index in [4.69, 9.17) is 5.11 Å². The summed E-state index contributed by atoms with van der Waals surface area (Å²) in [5, 5.41) is 9.13. The van der Waals surface area contributed by atoms with Crippen LogP contribution in [0.5, 0.6) is 0 Å². The molecule has 0 aromatic carbocycles. The number of aliphatic hydroxyl groups is 1. The summed E-state index contributed by atoms with van der Waals surface area (Å²) in [6.45, 7) is 3.68. The summed E-state index contributed by atoms with van der Waals surface area (Å²) in [7, 11) is 0. The van der Waals surface area contributed by atoms with Crippen molar-refractivity contribution < 1.29 is 5.11 Å². The molecule has 0 amide bonds. The van der Waals surface area contributed by atoms with Crippen molar-refractivity contribution >= 4 is 47.8 Å². The summed E-state index contributed by atoms with van der Waals surface area (Å²) >= 11 is 10.0. The predicted octanol–water partition coefficient (Wildman–Crippen LogP) is 2.64. The highest BCUT2D eigenvalue weighted by Crippen LogP contribution is 2.37. The minimum Gasteiger partial charge on any atom is -0.391 e. The Hall–Kier alpha value is 1.40. The van der Waals surface area contributed by atoms with Crippen molar-refractivity contribution in [3.05, 3.63) is 0 Å². The van der Waals surface area contributed by atoms with Crippen LogP contribution in [0.3, 0.4) is 0 Å². The number of aliphatic hydroxyl groups excluding tert-OH is 1. The molecule has 0 fully saturated rings. The van der Waals surface area contributed by atoms with Crippen LogP contribution in [0.15, 0.2) is 0 Å². The van der Waals surface area contributed by atoms with Crippen LogP contribution in [0.2, 0.25) is 0 Å². The number of hydrogen-bond acceptors (Lipinski definition) is 1. The van der Waals surface area contributed by atoms with E-state index >= 15 is 0 Å². The molecule has 1 nitrogen and oxygen atoms in total. The summed E-state index contributed by atoms with van der Waals surface area (Å²) in [5.74, 6) is 0. The highest BCUT2D eigenvalue weighted by Gasteiger charge is 2.33. The Bertz CT molecular complexity index is 80.2. The van der Waals surface area contributed by atoms with E-state index in [0.717, 1.165) is 0 Å². The van der Waals surface area contributed by atoms with Gasteiger partial charge in [-0.2, -0.15) is 0 Å². The molecule has 0 aliphatic heterocycles. The Morgan fingerprint density at radius 3 is 1.67 bits per heavy atom. The van der Waals surface area contributed by atoms with E-state index in [1.54, 1.807) is 6.92 Å². The van der Waals surface area contributed by atoms with Gasteiger partial charge in [0.1, 0.15) is 3.23 Å². The molecule has 56 valence electrons. The van der Waals surface area contributed by atoms with Gasteiger partial charge in [0, 0.05) is 4.83 Å². The molecule has 0 saturated heterocycles. The number of rotatable bonds is 2. The molecule has 9 heavy (non-hydrogen) atoms. The zero-order valence-corrected chi connectivity index (χ0v) is 9.99. The Morgan fingerprint density at radius 1 is 1.33 bits per heavy atom. The average Bonchev–Trinajstić information content (AvgIpc) is 1.65. The summed E-state index contributed by atoms with van der Waals surface area (Å²) in [4.78, 5) is 0.185. The Morgan fingerprint density at radius 2 is 1.67 bits per heavy atom. The van der Waals surface area contributed by atoms with E-state index in [0.29, 0.717) is 0 Å². The highest BCUT2D eigenvalue weighted by molar-refractivity contribution is 9.26. The van der Waals surface area contributed by atoms with Gasteiger partial charge < -0.3 is 5.11 Å². The van der Waals surface area contributed by atoms with Gasteiger partial charge in [-0.05, 0) is 6.92 Å². The van der Waals surface area contributed by atoms with E-state index in [1.807, 2.05) is 6.92 Å². The van der Waals surface area contributed by atoms with Gasteiger partial charge in [0.15, 0.2) is 0 Å². The first kappa shape index (κ1) is 10.4. The molecule has 1 N–H and O–H groups in total. The molecule has 0 rings (SSSR count). The third-order valence-electron chi connectivity index (χ3n) is 1.09. The van der Waals surface area contributed by atoms with Crippen LogP contribution in [0.25, 0.3) is 0 Å². The quantitative estimate of drug-likeness (QED) is 0.774. The minimum absolute atomic E-state index is 0.185. The van der Waals surface area contributed by atoms with Crippen LogP contribution in [0.1, 0.15) is 13.8 Å². The zero-order chi connectivity index (χ0) is 7.65. The second kappa shape index (κ2) is 3.69. The van der Waals surface area contributed by atoms with Crippen molar-refractivity contribution in [2.75, 3.05) is 0 Å². The van der Waals surface area contributed by atoms with Gasteiger partial charge in [0.2, 0.25) is 0 Å². The van der Waals surface area contributed by atoms with E-state index in [2.05, 4.69) is 47.8 Å². The molecule has 0 aromatic heterocycles. The number of alkyl halides is 3. The monoisotopic (exact) mass is 322 g/mol. The first-order valence-corrected chi connectivity index (χ1v) is 5.09. The summed E-state index contributed by atoms with van der Waals surface area (Å²) < 4.78 is -0.403. The summed E-state index contributed by atoms with van der Waals surface area (Å²) in [6.07, 6.45) is -0.424. The number of halogens is 3. The van der Waals surface area contributed by atoms with Gasteiger partial charge in [-0.3, -0.25) is 0 Å². The summed E-state index contributed by atoms with van der Waals surface area (Å²) in [5.41, 5.74) is 0. The topological polar surface area (TPSA) is 20.2 Å². The second-order valence-corrected chi connectivity index (χ2v) is 7.03. The third-order valence-corrected chi connectivity index (χ3v) is 5.74. The zero-order valence-electron chi connectivity index (χ0n) is 5.24. The maximum Gasteiger partial charge on any atom is 0.118 e. The molecule has 0 aromatic rings. The molecule has 0 saturated carbocycles. The average molecular weight is 325 g/mol. The SMILES string of the molecule is CC(O)C(Br)(Br)C(C)Br. The van der Waals surface area contributed by atoms with E-state index in [9.17, 15) is 0 Å². The molecule has 0 spiro atoms. The molecule has 4 heteroatoms. The lowest BCUT2D eigenvalue weighted by Crippen LogP contribution is -2.34. The van der Waals surface area contributed by atoms with Gasteiger partial charge in [0.05, 0.1) is 6.10 Å². The fraction of sp³-hybridized carbons (Fsp3) is 1.00. The van der Waals surface area contributed by atoms with Gasteiger partial charge >= 0.3 is 0 Å². The summed E-state index contributed by atoms with van der Waals surface area (Å²) in [6, 6.07) is 0. The Labute approximate surface area is 80.6 Å². The molecule has 0 heterocycles. The van der Waals surface area contributed by atoms with Crippen molar-refractivity contribution in [2.24, 2.45) is 0 Å². The molecule has 0 radical (unpaired) electrons. The van der Waals surface area contributed by atoms with E-state index in [1.165, 1.54) is 0 Å². The second-order valence-electron chi connectivity index (χ2n) is 1.97. The lowest BCUT2D eigenvalue weighted by Gasteiger charge is -2.26. The lowest BCUT2D eigenvalue weighted by molar-refractivity contribution is 0.186. The van der Waals surface area contributed by atoms with E-state index in [-0.39, 0.29) is 4.83 Å².